The van der Waals surface area contributed by atoms with Gasteiger partial charge >= 0.3 is 0 Å². The van der Waals surface area contributed by atoms with E-state index in [9.17, 15) is 0 Å². The van der Waals surface area contributed by atoms with Crippen LogP contribution in [0.2, 0.25) is 0 Å². The van der Waals surface area contributed by atoms with Crippen molar-refractivity contribution in [2.45, 2.75) is 20.0 Å². The second-order valence-corrected chi connectivity index (χ2v) is 2.06. The summed E-state index contributed by atoms with van der Waals surface area (Å²) < 4.78 is 1.67. The molecule has 0 amide bonds. The first kappa shape index (κ1) is 6.22. The third-order valence-electron chi connectivity index (χ3n) is 1.14. The number of aromatic nitrogens is 3. The maximum absolute atomic E-state index is 5.52. The number of rotatable bonds is 1. The SMILES string of the molecule is Cc1cnnn1C(C)N. The molecule has 50 valence electrons. The zero-order chi connectivity index (χ0) is 6.85. The summed E-state index contributed by atoms with van der Waals surface area (Å²) in [7, 11) is 0. The Labute approximate surface area is 53.7 Å². The van der Waals surface area contributed by atoms with Crippen LogP contribution >= 0.6 is 0 Å². The van der Waals surface area contributed by atoms with Gasteiger partial charge in [0.1, 0.15) is 0 Å². The monoisotopic (exact) mass is 126 g/mol. The van der Waals surface area contributed by atoms with Crippen molar-refractivity contribution in [3.05, 3.63) is 11.9 Å². The highest BCUT2D eigenvalue weighted by atomic mass is 15.5. The van der Waals surface area contributed by atoms with Gasteiger partial charge in [-0.25, -0.2) is 4.68 Å². The largest absolute Gasteiger partial charge is 0.310 e. The summed E-state index contributed by atoms with van der Waals surface area (Å²) in [4.78, 5) is 0. The van der Waals surface area contributed by atoms with Crippen LogP contribution in [0.1, 0.15) is 18.8 Å². The van der Waals surface area contributed by atoms with Crippen LogP contribution in [0, 0.1) is 6.92 Å². The van der Waals surface area contributed by atoms with E-state index < -0.39 is 0 Å². The minimum absolute atomic E-state index is 0.0764. The molecule has 0 bridgehead atoms. The fourth-order valence-corrected chi connectivity index (χ4v) is 0.697. The third-order valence-corrected chi connectivity index (χ3v) is 1.14. The van der Waals surface area contributed by atoms with E-state index in [2.05, 4.69) is 10.3 Å². The average molecular weight is 126 g/mol. The van der Waals surface area contributed by atoms with E-state index in [0.717, 1.165) is 5.69 Å². The smallest absolute Gasteiger partial charge is 0.0980 e. The molecule has 4 nitrogen and oxygen atoms in total. The molecule has 0 saturated heterocycles. The Hall–Kier alpha value is -0.900. The van der Waals surface area contributed by atoms with Crippen molar-refractivity contribution in [2.24, 2.45) is 5.73 Å². The van der Waals surface area contributed by atoms with E-state index in [4.69, 9.17) is 5.73 Å². The Morgan fingerprint density at radius 2 is 2.44 bits per heavy atom. The summed E-state index contributed by atoms with van der Waals surface area (Å²) in [5.74, 6) is 0. The molecule has 0 aliphatic carbocycles. The summed E-state index contributed by atoms with van der Waals surface area (Å²) in [5, 5.41) is 7.43. The fraction of sp³-hybridized carbons (Fsp3) is 0.600. The van der Waals surface area contributed by atoms with Crippen LogP contribution in [0.3, 0.4) is 0 Å². The van der Waals surface area contributed by atoms with Crippen molar-refractivity contribution < 1.29 is 0 Å². The molecule has 2 N–H and O–H groups in total. The summed E-state index contributed by atoms with van der Waals surface area (Å²) in [6, 6.07) is 0. The van der Waals surface area contributed by atoms with E-state index in [-0.39, 0.29) is 6.17 Å². The Morgan fingerprint density at radius 1 is 1.78 bits per heavy atom. The van der Waals surface area contributed by atoms with Crippen molar-refractivity contribution in [1.29, 1.82) is 0 Å². The molecule has 1 aromatic heterocycles. The highest BCUT2D eigenvalue weighted by Crippen LogP contribution is 1.97. The fourth-order valence-electron chi connectivity index (χ4n) is 0.697. The van der Waals surface area contributed by atoms with E-state index >= 15 is 0 Å². The lowest BCUT2D eigenvalue weighted by molar-refractivity contribution is 0.482. The van der Waals surface area contributed by atoms with Gasteiger partial charge in [-0.15, -0.1) is 5.10 Å². The van der Waals surface area contributed by atoms with Crippen LogP contribution in [-0.2, 0) is 0 Å². The summed E-state index contributed by atoms with van der Waals surface area (Å²) in [5.41, 5.74) is 6.51. The number of hydrogen-bond acceptors (Lipinski definition) is 3. The number of hydrogen-bond donors (Lipinski definition) is 1. The van der Waals surface area contributed by atoms with E-state index in [1.54, 1.807) is 10.9 Å². The molecule has 0 aliphatic rings. The molecular formula is C5H10N4. The normalized spacial score (nSPS) is 13.7. The molecule has 1 rings (SSSR count). The quantitative estimate of drug-likeness (QED) is 0.579. The maximum atomic E-state index is 5.52. The Morgan fingerprint density at radius 3 is 2.67 bits per heavy atom. The van der Waals surface area contributed by atoms with Crippen LogP contribution < -0.4 is 5.73 Å². The summed E-state index contributed by atoms with van der Waals surface area (Å²) >= 11 is 0. The first-order valence-corrected chi connectivity index (χ1v) is 2.84. The van der Waals surface area contributed by atoms with E-state index in [1.807, 2.05) is 13.8 Å². The van der Waals surface area contributed by atoms with Gasteiger partial charge in [-0.1, -0.05) is 5.21 Å². The molecule has 0 saturated carbocycles. The minimum Gasteiger partial charge on any atom is -0.310 e. The lowest BCUT2D eigenvalue weighted by atomic mass is 10.5. The Balaban J connectivity index is 2.94. The molecule has 0 aromatic carbocycles. The molecular weight excluding hydrogens is 116 g/mol. The van der Waals surface area contributed by atoms with Gasteiger partial charge in [-0.05, 0) is 13.8 Å². The first-order valence-electron chi connectivity index (χ1n) is 2.84. The number of aryl methyl sites for hydroxylation is 1. The van der Waals surface area contributed by atoms with Gasteiger partial charge in [0, 0.05) is 0 Å². The predicted octanol–water partition coefficient (Wildman–Crippen LogP) is 0.0637. The lowest BCUT2D eigenvalue weighted by Gasteiger charge is -2.04. The van der Waals surface area contributed by atoms with Gasteiger partial charge in [0.15, 0.2) is 0 Å². The van der Waals surface area contributed by atoms with Gasteiger partial charge in [-0.3, -0.25) is 0 Å². The maximum Gasteiger partial charge on any atom is 0.0980 e. The second-order valence-electron chi connectivity index (χ2n) is 2.06. The van der Waals surface area contributed by atoms with E-state index in [1.165, 1.54) is 0 Å². The highest BCUT2D eigenvalue weighted by Gasteiger charge is 2.00. The number of nitrogens with two attached hydrogens (primary N) is 1. The van der Waals surface area contributed by atoms with Crippen molar-refractivity contribution in [2.75, 3.05) is 0 Å². The molecule has 1 atom stereocenters. The van der Waals surface area contributed by atoms with Gasteiger partial charge in [0.2, 0.25) is 0 Å². The summed E-state index contributed by atoms with van der Waals surface area (Å²) in [6.07, 6.45) is 1.61. The molecule has 1 aromatic rings. The minimum atomic E-state index is -0.0764. The number of nitrogens with zero attached hydrogens (tertiary/aromatic N) is 3. The average Bonchev–Trinajstić information content (AvgIpc) is 2.13. The second kappa shape index (κ2) is 2.14. The first-order chi connectivity index (χ1) is 4.22. The van der Waals surface area contributed by atoms with Gasteiger partial charge in [0.25, 0.3) is 0 Å². The van der Waals surface area contributed by atoms with Gasteiger partial charge in [0.05, 0.1) is 18.1 Å². The molecule has 0 radical (unpaired) electrons. The molecule has 9 heavy (non-hydrogen) atoms. The molecule has 4 heteroatoms. The predicted molar refractivity (Wildman–Crippen MR) is 33.7 cm³/mol. The zero-order valence-electron chi connectivity index (χ0n) is 5.57. The third kappa shape index (κ3) is 1.08. The van der Waals surface area contributed by atoms with Crippen molar-refractivity contribution in [3.63, 3.8) is 0 Å². The molecule has 1 heterocycles. The molecule has 0 aliphatic heterocycles. The molecule has 1 unspecified atom stereocenters. The van der Waals surface area contributed by atoms with Gasteiger partial charge < -0.3 is 5.73 Å². The Bertz CT molecular complexity index is 191. The zero-order valence-corrected chi connectivity index (χ0v) is 5.57. The standard InChI is InChI=1S/C5H10N4/c1-4-3-7-8-9(4)5(2)6/h3,5H,6H2,1-2H3. The van der Waals surface area contributed by atoms with Crippen molar-refractivity contribution in [3.8, 4) is 0 Å². The van der Waals surface area contributed by atoms with Crippen LogP contribution in [0.15, 0.2) is 6.20 Å². The van der Waals surface area contributed by atoms with Crippen LogP contribution in [0.4, 0.5) is 0 Å². The van der Waals surface area contributed by atoms with Crippen LogP contribution in [0.5, 0.6) is 0 Å². The Kier molecular flexibility index (Phi) is 1.48. The van der Waals surface area contributed by atoms with E-state index in [0.29, 0.717) is 0 Å². The van der Waals surface area contributed by atoms with Crippen molar-refractivity contribution >= 4 is 0 Å². The summed E-state index contributed by atoms with van der Waals surface area (Å²) in [6.45, 7) is 3.78. The lowest BCUT2D eigenvalue weighted by Crippen LogP contribution is -2.17. The molecule has 0 fully saturated rings. The molecule has 0 spiro atoms. The van der Waals surface area contributed by atoms with Crippen LogP contribution in [-0.4, -0.2) is 15.0 Å². The highest BCUT2D eigenvalue weighted by molar-refractivity contribution is 4.89. The van der Waals surface area contributed by atoms with Crippen LogP contribution in [0.25, 0.3) is 0 Å². The topological polar surface area (TPSA) is 56.7 Å². The van der Waals surface area contributed by atoms with Gasteiger partial charge in [-0.2, -0.15) is 0 Å². The van der Waals surface area contributed by atoms with Crippen molar-refractivity contribution in [1.82, 2.24) is 15.0 Å².